The minimum absolute atomic E-state index is 0.200. The molecule has 0 saturated carbocycles. The Morgan fingerprint density at radius 3 is 2.34 bits per heavy atom. The van der Waals surface area contributed by atoms with E-state index in [1.165, 1.54) is 6.08 Å². The largest absolute Gasteiger partial charge is 0.508 e. The van der Waals surface area contributed by atoms with Crippen molar-refractivity contribution in [3.05, 3.63) is 96.6 Å². The van der Waals surface area contributed by atoms with E-state index >= 15 is 0 Å². The Labute approximate surface area is 167 Å². The van der Waals surface area contributed by atoms with E-state index in [0.717, 1.165) is 33.5 Å². The summed E-state index contributed by atoms with van der Waals surface area (Å²) in [6.45, 7) is 0. The maximum absolute atomic E-state index is 10.7. The minimum Gasteiger partial charge on any atom is -0.508 e. The molecule has 0 aliphatic rings. The van der Waals surface area contributed by atoms with Crippen LogP contribution < -0.4 is 4.74 Å². The van der Waals surface area contributed by atoms with Crippen molar-refractivity contribution in [1.29, 1.82) is 0 Å². The van der Waals surface area contributed by atoms with E-state index in [4.69, 9.17) is 9.84 Å². The van der Waals surface area contributed by atoms with Crippen molar-refractivity contribution in [1.82, 2.24) is 0 Å². The SMILES string of the molecule is O=C(O)C=Cc1ccc(Oc2c(-c3ccccc3)ccc3cc(O)ccc23)cc1. The number of phenolic OH excluding ortho intramolecular Hbond substituents is 1. The Morgan fingerprint density at radius 1 is 0.862 bits per heavy atom. The molecule has 4 rings (SSSR count). The van der Waals surface area contributed by atoms with Crippen LogP contribution in [-0.2, 0) is 4.79 Å². The smallest absolute Gasteiger partial charge is 0.328 e. The Bertz CT molecular complexity index is 1190. The zero-order chi connectivity index (χ0) is 20.2. The topological polar surface area (TPSA) is 66.8 Å². The highest BCUT2D eigenvalue weighted by Crippen LogP contribution is 2.40. The van der Waals surface area contributed by atoms with Crippen LogP contribution in [-0.4, -0.2) is 16.2 Å². The van der Waals surface area contributed by atoms with Crippen molar-refractivity contribution < 1.29 is 19.7 Å². The highest BCUT2D eigenvalue weighted by molar-refractivity contribution is 5.96. The van der Waals surface area contributed by atoms with E-state index in [1.54, 1.807) is 36.4 Å². The van der Waals surface area contributed by atoms with E-state index in [1.807, 2.05) is 48.5 Å². The van der Waals surface area contributed by atoms with Crippen molar-refractivity contribution in [2.75, 3.05) is 0 Å². The standard InChI is InChI=1S/C25H18O4/c26-20-10-14-23-19(16-20)9-13-22(18-4-2-1-3-5-18)25(23)29-21-11-6-17(7-12-21)8-15-24(27)28/h1-16,26H,(H,27,28). The molecule has 0 radical (unpaired) electrons. The van der Waals surface area contributed by atoms with Crippen LogP contribution >= 0.6 is 0 Å². The fraction of sp³-hybridized carbons (Fsp3) is 0. The van der Waals surface area contributed by atoms with Gasteiger partial charge in [-0.3, -0.25) is 0 Å². The van der Waals surface area contributed by atoms with Gasteiger partial charge in [0.1, 0.15) is 17.2 Å². The van der Waals surface area contributed by atoms with Crippen molar-refractivity contribution in [2.45, 2.75) is 0 Å². The van der Waals surface area contributed by atoms with Gasteiger partial charge >= 0.3 is 5.97 Å². The van der Waals surface area contributed by atoms with E-state index in [9.17, 15) is 9.90 Å². The van der Waals surface area contributed by atoms with Crippen LogP contribution in [0.4, 0.5) is 0 Å². The number of hydrogen-bond acceptors (Lipinski definition) is 3. The average Bonchev–Trinajstić information content (AvgIpc) is 2.74. The first-order valence-corrected chi connectivity index (χ1v) is 9.10. The van der Waals surface area contributed by atoms with Gasteiger partial charge in [0, 0.05) is 17.0 Å². The second-order valence-electron chi connectivity index (χ2n) is 6.56. The summed E-state index contributed by atoms with van der Waals surface area (Å²) in [6, 6.07) is 26.3. The fourth-order valence-corrected chi connectivity index (χ4v) is 3.18. The molecule has 0 heterocycles. The Morgan fingerprint density at radius 2 is 1.62 bits per heavy atom. The number of phenols is 1. The van der Waals surface area contributed by atoms with Gasteiger partial charge in [0.15, 0.2) is 0 Å². The van der Waals surface area contributed by atoms with E-state index in [2.05, 4.69) is 0 Å². The highest BCUT2D eigenvalue weighted by atomic mass is 16.5. The van der Waals surface area contributed by atoms with E-state index in [0.29, 0.717) is 11.5 Å². The van der Waals surface area contributed by atoms with Crippen LogP contribution in [0.5, 0.6) is 17.2 Å². The molecule has 0 aliphatic carbocycles. The van der Waals surface area contributed by atoms with E-state index < -0.39 is 5.97 Å². The summed E-state index contributed by atoms with van der Waals surface area (Å²) in [5, 5.41) is 20.3. The zero-order valence-electron chi connectivity index (χ0n) is 15.4. The lowest BCUT2D eigenvalue weighted by atomic mass is 9.99. The molecule has 142 valence electrons. The van der Waals surface area contributed by atoms with Gasteiger partial charge in [-0.05, 0) is 59.0 Å². The molecular formula is C25H18O4. The van der Waals surface area contributed by atoms with Crippen LogP contribution in [0.25, 0.3) is 28.0 Å². The number of hydrogen-bond donors (Lipinski definition) is 2. The predicted octanol–water partition coefficient (Wildman–Crippen LogP) is 6.10. The summed E-state index contributed by atoms with van der Waals surface area (Å²) < 4.78 is 6.28. The molecule has 4 heteroatoms. The molecule has 0 saturated heterocycles. The molecule has 0 aromatic heterocycles. The molecule has 2 N–H and O–H groups in total. The number of fused-ring (bicyclic) bond motifs is 1. The van der Waals surface area contributed by atoms with Gasteiger partial charge in [-0.1, -0.05) is 48.5 Å². The van der Waals surface area contributed by atoms with Gasteiger partial charge in [0.25, 0.3) is 0 Å². The van der Waals surface area contributed by atoms with Crippen molar-refractivity contribution >= 4 is 22.8 Å². The Kier molecular flexibility index (Phi) is 4.99. The number of carboxylic acid groups (broad SMARTS) is 1. The van der Waals surface area contributed by atoms with Crippen molar-refractivity contribution in [2.24, 2.45) is 0 Å². The fourth-order valence-electron chi connectivity index (χ4n) is 3.18. The van der Waals surface area contributed by atoms with Crippen molar-refractivity contribution in [3.63, 3.8) is 0 Å². The summed E-state index contributed by atoms with van der Waals surface area (Å²) in [4.78, 5) is 10.7. The monoisotopic (exact) mass is 382 g/mol. The third-order valence-corrected chi connectivity index (χ3v) is 4.56. The molecule has 0 unspecified atom stereocenters. The van der Waals surface area contributed by atoms with Gasteiger partial charge in [-0.25, -0.2) is 4.79 Å². The Balaban J connectivity index is 1.78. The lowest BCUT2D eigenvalue weighted by Gasteiger charge is -2.15. The number of carboxylic acids is 1. The van der Waals surface area contributed by atoms with E-state index in [-0.39, 0.29) is 5.75 Å². The zero-order valence-corrected chi connectivity index (χ0v) is 15.4. The minimum atomic E-state index is -0.989. The summed E-state index contributed by atoms with van der Waals surface area (Å²) in [5.74, 6) is 0.542. The number of ether oxygens (including phenoxy) is 1. The van der Waals surface area contributed by atoms with Gasteiger partial charge in [0.2, 0.25) is 0 Å². The first-order valence-electron chi connectivity index (χ1n) is 9.10. The number of benzene rings is 4. The van der Waals surface area contributed by atoms with Crippen LogP contribution in [0.15, 0.2) is 91.0 Å². The third kappa shape index (κ3) is 4.12. The lowest BCUT2D eigenvalue weighted by molar-refractivity contribution is -0.131. The van der Waals surface area contributed by atoms with Crippen LogP contribution in [0.2, 0.25) is 0 Å². The second-order valence-corrected chi connectivity index (χ2v) is 6.56. The summed E-state index contributed by atoms with van der Waals surface area (Å²) in [6.07, 6.45) is 2.63. The second kappa shape index (κ2) is 7.90. The summed E-state index contributed by atoms with van der Waals surface area (Å²) in [5.41, 5.74) is 2.74. The van der Waals surface area contributed by atoms with Gasteiger partial charge < -0.3 is 14.9 Å². The number of aromatic hydroxyl groups is 1. The molecule has 0 aliphatic heterocycles. The predicted molar refractivity (Wildman–Crippen MR) is 114 cm³/mol. The number of rotatable bonds is 5. The normalized spacial score (nSPS) is 11.0. The lowest BCUT2D eigenvalue weighted by Crippen LogP contribution is -1.91. The maximum Gasteiger partial charge on any atom is 0.328 e. The van der Waals surface area contributed by atoms with Crippen LogP contribution in [0.3, 0.4) is 0 Å². The molecule has 4 aromatic carbocycles. The molecule has 0 amide bonds. The van der Waals surface area contributed by atoms with Gasteiger partial charge in [0.05, 0.1) is 0 Å². The quantitative estimate of drug-likeness (QED) is 0.409. The highest BCUT2D eigenvalue weighted by Gasteiger charge is 2.12. The molecule has 0 atom stereocenters. The molecule has 4 nitrogen and oxygen atoms in total. The molecule has 0 bridgehead atoms. The van der Waals surface area contributed by atoms with Gasteiger partial charge in [-0.15, -0.1) is 0 Å². The number of aliphatic carboxylic acids is 1. The Hall–Kier alpha value is -4.05. The molecule has 29 heavy (non-hydrogen) atoms. The average molecular weight is 382 g/mol. The van der Waals surface area contributed by atoms with Gasteiger partial charge in [-0.2, -0.15) is 0 Å². The summed E-state index contributed by atoms with van der Waals surface area (Å²) >= 11 is 0. The maximum atomic E-state index is 10.7. The number of carbonyl (C=O) groups is 1. The molecular weight excluding hydrogens is 364 g/mol. The first-order chi connectivity index (χ1) is 14.1. The third-order valence-electron chi connectivity index (χ3n) is 4.56. The molecule has 4 aromatic rings. The molecule has 0 fully saturated rings. The molecule has 0 spiro atoms. The first kappa shape index (κ1) is 18.3. The van der Waals surface area contributed by atoms with Crippen molar-refractivity contribution in [3.8, 4) is 28.4 Å². The van der Waals surface area contributed by atoms with Crippen LogP contribution in [0.1, 0.15) is 5.56 Å². The van der Waals surface area contributed by atoms with Crippen LogP contribution in [0, 0.1) is 0 Å². The summed E-state index contributed by atoms with van der Waals surface area (Å²) in [7, 11) is 0.